The first-order valence-electron chi connectivity index (χ1n) is 6.32. The van der Waals surface area contributed by atoms with Crippen LogP contribution in [-0.4, -0.2) is 57.8 Å². The van der Waals surface area contributed by atoms with Crippen molar-refractivity contribution in [3.8, 4) is 5.75 Å². The molecule has 1 aromatic carbocycles. The van der Waals surface area contributed by atoms with E-state index >= 15 is 0 Å². The number of carbonyl (C=O) groups is 2. The third-order valence-corrected chi connectivity index (χ3v) is 3.24. The van der Waals surface area contributed by atoms with E-state index in [9.17, 15) is 5.11 Å². The lowest BCUT2D eigenvalue weighted by Gasteiger charge is -2.08. The molecule has 0 fully saturated rings. The fourth-order valence-corrected chi connectivity index (χ4v) is 2.06. The lowest BCUT2D eigenvalue weighted by atomic mass is 10.1. The van der Waals surface area contributed by atoms with E-state index in [-0.39, 0.29) is 5.75 Å². The van der Waals surface area contributed by atoms with Crippen molar-refractivity contribution in [3.05, 3.63) is 28.9 Å². The second-order valence-electron chi connectivity index (χ2n) is 4.80. The molecule has 0 amide bonds. The van der Waals surface area contributed by atoms with E-state index in [0.29, 0.717) is 5.02 Å². The Balaban J connectivity index is 0.000000346. The molecule has 0 saturated heterocycles. The summed E-state index contributed by atoms with van der Waals surface area (Å²) in [6.07, 6.45) is 2.87. The van der Waals surface area contributed by atoms with E-state index in [4.69, 9.17) is 31.4 Å². The molecule has 0 aliphatic heterocycles. The van der Waals surface area contributed by atoms with Crippen LogP contribution in [0.25, 0.3) is 10.9 Å². The number of aromatic amines is 1. The maximum atomic E-state index is 9.58. The SMILES string of the molecule is CN(C)CCc1c[nH]c2ccc(O)c(Cl)c12.O=C(O)C(=O)O. The Hall–Kier alpha value is -2.25. The number of aliphatic carboxylic acids is 2. The molecule has 0 bridgehead atoms. The van der Waals surface area contributed by atoms with Gasteiger partial charge in [-0.1, -0.05) is 11.6 Å². The van der Waals surface area contributed by atoms with Gasteiger partial charge in [-0.3, -0.25) is 0 Å². The zero-order chi connectivity index (χ0) is 16.9. The highest BCUT2D eigenvalue weighted by Crippen LogP contribution is 2.34. The average molecular weight is 329 g/mol. The fourth-order valence-electron chi connectivity index (χ4n) is 1.78. The molecule has 8 heteroatoms. The van der Waals surface area contributed by atoms with Gasteiger partial charge in [-0.2, -0.15) is 0 Å². The van der Waals surface area contributed by atoms with Gasteiger partial charge in [0.1, 0.15) is 5.75 Å². The van der Waals surface area contributed by atoms with Crippen LogP contribution in [0.3, 0.4) is 0 Å². The first-order chi connectivity index (χ1) is 10.2. The van der Waals surface area contributed by atoms with E-state index in [0.717, 1.165) is 29.4 Å². The number of nitrogens with zero attached hydrogens (tertiary/aromatic N) is 1. The second kappa shape index (κ2) is 7.67. The highest BCUT2D eigenvalue weighted by atomic mass is 35.5. The summed E-state index contributed by atoms with van der Waals surface area (Å²) in [6.45, 7) is 0.957. The van der Waals surface area contributed by atoms with Crippen molar-refractivity contribution in [2.45, 2.75) is 6.42 Å². The van der Waals surface area contributed by atoms with Crippen molar-refractivity contribution in [1.29, 1.82) is 0 Å². The Morgan fingerprint density at radius 3 is 2.32 bits per heavy atom. The monoisotopic (exact) mass is 328 g/mol. The summed E-state index contributed by atoms with van der Waals surface area (Å²) in [5.74, 6) is -3.51. The minimum atomic E-state index is -1.82. The van der Waals surface area contributed by atoms with E-state index < -0.39 is 11.9 Å². The topological polar surface area (TPSA) is 114 Å². The number of hydrogen-bond acceptors (Lipinski definition) is 4. The Labute approximate surface area is 131 Å². The van der Waals surface area contributed by atoms with E-state index in [2.05, 4.69) is 9.88 Å². The number of aromatic hydroxyl groups is 1. The normalized spacial score (nSPS) is 10.4. The van der Waals surface area contributed by atoms with Crippen LogP contribution in [0.15, 0.2) is 18.3 Å². The number of phenols is 1. The Morgan fingerprint density at radius 2 is 1.82 bits per heavy atom. The largest absolute Gasteiger partial charge is 0.506 e. The molecular formula is C14H17ClN2O5. The number of halogens is 1. The third-order valence-electron chi connectivity index (χ3n) is 2.86. The lowest BCUT2D eigenvalue weighted by Crippen LogP contribution is -2.14. The predicted octanol–water partition coefficient (Wildman–Crippen LogP) is 1.79. The molecule has 2 rings (SSSR count). The van der Waals surface area contributed by atoms with Gasteiger partial charge in [0.2, 0.25) is 0 Å². The quantitative estimate of drug-likeness (QED) is 0.639. The van der Waals surface area contributed by atoms with Crippen LogP contribution < -0.4 is 0 Å². The molecule has 0 radical (unpaired) electrons. The summed E-state index contributed by atoms with van der Waals surface area (Å²) in [5.41, 5.74) is 2.11. The molecule has 1 aromatic heterocycles. The Kier molecular flexibility index (Phi) is 6.21. The smallest absolute Gasteiger partial charge is 0.414 e. The molecule has 4 N–H and O–H groups in total. The van der Waals surface area contributed by atoms with E-state index in [1.165, 1.54) is 0 Å². The van der Waals surface area contributed by atoms with Gasteiger partial charge in [0, 0.05) is 23.6 Å². The van der Waals surface area contributed by atoms with Crippen molar-refractivity contribution in [1.82, 2.24) is 9.88 Å². The molecule has 0 saturated carbocycles. The summed E-state index contributed by atoms with van der Waals surface area (Å²) >= 11 is 6.10. The number of aromatic nitrogens is 1. The van der Waals surface area contributed by atoms with E-state index in [1.54, 1.807) is 6.07 Å². The van der Waals surface area contributed by atoms with E-state index in [1.807, 2.05) is 26.4 Å². The third kappa shape index (κ3) is 4.64. The molecule has 1 heterocycles. The van der Waals surface area contributed by atoms with Gasteiger partial charge < -0.3 is 25.2 Å². The first-order valence-corrected chi connectivity index (χ1v) is 6.70. The molecule has 22 heavy (non-hydrogen) atoms. The van der Waals surface area contributed by atoms with Crippen molar-refractivity contribution in [3.63, 3.8) is 0 Å². The molecule has 0 atom stereocenters. The molecule has 0 aliphatic carbocycles. The van der Waals surface area contributed by atoms with Crippen molar-refractivity contribution < 1.29 is 24.9 Å². The van der Waals surface area contributed by atoms with Gasteiger partial charge >= 0.3 is 11.9 Å². The number of carboxylic acids is 2. The summed E-state index contributed by atoms with van der Waals surface area (Å²) in [6, 6.07) is 3.45. The summed E-state index contributed by atoms with van der Waals surface area (Å²) < 4.78 is 0. The number of rotatable bonds is 3. The standard InChI is InChI=1S/C12H15ClN2O.C2H2O4/c1-15(2)6-5-8-7-14-9-3-4-10(16)12(13)11(8)9;3-1(4)2(5)6/h3-4,7,14,16H,5-6H2,1-2H3;(H,3,4)(H,5,6). The van der Waals surface area contributed by atoms with Crippen molar-refractivity contribution >= 4 is 34.4 Å². The number of likely N-dealkylation sites (N-methyl/N-ethyl adjacent to an activating group) is 1. The van der Waals surface area contributed by atoms with Crippen LogP contribution in [0.5, 0.6) is 5.75 Å². The number of nitrogens with one attached hydrogen (secondary N) is 1. The average Bonchev–Trinajstić information content (AvgIpc) is 2.85. The van der Waals surface area contributed by atoms with Crippen LogP contribution >= 0.6 is 11.6 Å². The highest BCUT2D eigenvalue weighted by molar-refractivity contribution is 6.37. The molecule has 0 unspecified atom stereocenters. The first kappa shape index (κ1) is 17.8. The summed E-state index contributed by atoms with van der Waals surface area (Å²) in [4.78, 5) is 23.5. The van der Waals surface area contributed by atoms with Gasteiger partial charge in [0.15, 0.2) is 0 Å². The predicted molar refractivity (Wildman–Crippen MR) is 82.5 cm³/mol. The Morgan fingerprint density at radius 1 is 1.23 bits per heavy atom. The van der Waals surface area contributed by atoms with Gasteiger partial charge in [-0.05, 0) is 38.2 Å². The number of fused-ring (bicyclic) bond motifs is 1. The van der Waals surface area contributed by atoms with Crippen LogP contribution in [0.2, 0.25) is 5.02 Å². The lowest BCUT2D eigenvalue weighted by molar-refractivity contribution is -0.159. The maximum absolute atomic E-state index is 9.58. The number of carboxylic acid groups (broad SMARTS) is 2. The fraction of sp³-hybridized carbons (Fsp3) is 0.286. The van der Waals surface area contributed by atoms with Crippen molar-refractivity contribution in [2.24, 2.45) is 0 Å². The zero-order valence-corrected chi connectivity index (χ0v) is 12.9. The number of hydrogen-bond donors (Lipinski definition) is 4. The van der Waals surface area contributed by atoms with Gasteiger partial charge in [0.05, 0.1) is 5.02 Å². The van der Waals surface area contributed by atoms with Crippen LogP contribution in [0, 0.1) is 0 Å². The second-order valence-corrected chi connectivity index (χ2v) is 5.18. The molecule has 0 spiro atoms. The number of phenolic OH excluding ortho intramolecular Hbond substituents is 1. The maximum Gasteiger partial charge on any atom is 0.414 e. The molecule has 7 nitrogen and oxygen atoms in total. The molecular weight excluding hydrogens is 312 g/mol. The minimum Gasteiger partial charge on any atom is -0.506 e. The van der Waals surface area contributed by atoms with Crippen molar-refractivity contribution in [2.75, 3.05) is 20.6 Å². The summed E-state index contributed by atoms with van der Waals surface area (Å²) in [7, 11) is 4.07. The minimum absolute atomic E-state index is 0.139. The van der Waals surface area contributed by atoms with Crippen LogP contribution in [-0.2, 0) is 16.0 Å². The summed E-state index contributed by atoms with van der Waals surface area (Å²) in [5, 5.41) is 25.7. The number of benzene rings is 1. The van der Waals surface area contributed by atoms with Gasteiger partial charge in [0.25, 0.3) is 0 Å². The molecule has 120 valence electrons. The zero-order valence-electron chi connectivity index (χ0n) is 12.1. The van der Waals surface area contributed by atoms with Crippen LogP contribution in [0.4, 0.5) is 0 Å². The van der Waals surface area contributed by atoms with Gasteiger partial charge in [-0.15, -0.1) is 0 Å². The van der Waals surface area contributed by atoms with Crippen LogP contribution in [0.1, 0.15) is 5.56 Å². The Bertz CT molecular complexity index is 669. The number of H-pyrrole nitrogens is 1. The molecule has 0 aliphatic rings. The highest BCUT2D eigenvalue weighted by Gasteiger charge is 2.10. The van der Waals surface area contributed by atoms with Gasteiger partial charge in [-0.25, -0.2) is 9.59 Å². The molecule has 2 aromatic rings.